The van der Waals surface area contributed by atoms with Gasteiger partial charge in [-0.3, -0.25) is 9.59 Å². The van der Waals surface area contributed by atoms with Gasteiger partial charge in [0.15, 0.2) is 17.3 Å². The summed E-state index contributed by atoms with van der Waals surface area (Å²) in [6, 6.07) is 30.2. The standard InChI is InChI=1S/C30H26FNO3/c1-22(33)25-13-11-24(12-14-25)21-32(20-19-23-7-3-2-4-8-23)30(34)26-15-17-27(18-16-26)35-29-10-6-5-9-28(29)31/h2-18H,19-21H2,1H3. The number of hydrogen-bond donors (Lipinski definition) is 0. The number of para-hydroxylation sites is 1. The highest BCUT2D eigenvalue weighted by Crippen LogP contribution is 2.25. The van der Waals surface area contributed by atoms with E-state index in [2.05, 4.69) is 0 Å². The maximum Gasteiger partial charge on any atom is 0.254 e. The second-order valence-electron chi connectivity index (χ2n) is 8.27. The third kappa shape index (κ3) is 6.42. The van der Waals surface area contributed by atoms with Crippen LogP contribution in [0.2, 0.25) is 0 Å². The molecular formula is C30H26FNO3. The number of halogens is 1. The van der Waals surface area contributed by atoms with Gasteiger partial charge in [-0.25, -0.2) is 4.39 Å². The van der Waals surface area contributed by atoms with E-state index in [1.807, 2.05) is 42.5 Å². The molecule has 176 valence electrons. The monoisotopic (exact) mass is 467 g/mol. The number of ether oxygens (including phenoxy) is 1. The quantitative estimate of drug-likeness (QED) is 0.257. The Labute approximate surface area is 204 Å². The van der Waals surface area contributed by atoms with E-state index in [0.29, 0.717) is 36.4 Å². The number of ketones is 1. The molecule has 0 atom stereocenters. The molecule has 0 spiro atoms. The van der Waals surface area contributed by atoms with Crippen LogP contribution in [0.1, 0.15) is 38.8 Å². The van der Waals surface area contributed by atoms with Crippen molar-refractivity contribution in [2.75, 3.05) is 6.54 Å². The van der Waals surface area contributed by atoms with Gasteiger partial charge in [-0.1, -0.05) is 66.7 Å². The first-order valence-corrected chi connectivity index (χ1v) is 11.4. The Bertz CT molecular complexity index is 1290. The summed E-state index contributed by atoms with van der Waals surface area (Å²) in [6.07, 6.45) is 0.715. The third-order valence-electron chi connectivity index (χ3n) is 5.70. The molecule has 0 aliphatic heterocycles. The number of carbonyl (C=O) groups excluding carboxylic acids is 2. The van der Waals surface area contributed by atoms with Gasteiger partial charge in [0.2, 0.25) is 0 Å². The average molecular weight is 468 g/mol. The van der Waals surface area contributed by atoms with Crippen molar-refractivity contribution in [2.24, 2.45) is 0 Å². The van der Waals surface area contributed by atoms with Crippen molar-refractivity contribution in [1.29, 1.82) is 0 Å². The fraction of sp³-hybridized carbons (Fsp3) is 0.133. The van der Waals surface area contributed by atoms with Crippen LogP contribution in [0.5, 0.6) is 11.5 Å². The third-order valence-corrected chi connectivity index (χ3v) is 5.70. The fourth-order valence-corrected chi connectivity index (χ4v) is 3.73. The summed E-state index contributed by atoms with van der Waals surface area (Å²) < 4.78 is 19.5. The van der Waals surface area contributed by atoms with Gasteiger partial charge in [-0.2, -0.15) is 0 Å². The Morgan fingerprint density at radius 1 is 0.743 bits per heavy atom. The Morgan fingerprint density at radius 3 is 2.03 bits per heavy atom. The lowest BCUT2D eigenvalue weighted by Gasteiger charge is -2.23. The van der Waals surface area contributed by atoms with E-state index >= 15 is 0 Å². The first-order valence-electron chi connectivity index (χ1n) is 11.4. The van der Waals surface area contributed by atoms with E-state index in [1.54, 1.807) is 59.5 Å². The molecular weight excluding hydrogens is 441 g/mol. The Kier molecular flexibility index (Phi) is 7.68. The van der Waals surface area contributed by atoms with Crippen molar-refractivity contribution < 1.29 is 18.7 Å². The van der Waals surface area contributed by atoms with Gasteiger partial charge in [0.25, 0.3) is 5.91 Å². The molecule has 5 heteroatoms. The highest BCUT2D eigenvalue weighted by Gasteiger charge is 2.17. The molecule has 4 rings (SSSR count). The molecule has 0 aliphatic carbocycles. The van der Waals surface area contributed by atoms with Gasteiger partial charge in [-0.15, -0.1) is 0 Å². The average Bonchev–Trinajstić information content (AvgIpc) is 2.89. The second-order valence-corrected chi connectivity index (χ2v) is 8.27. The topological polar surface area (TPSA) is 46.6 Å². The van der Waals surface area contributed by atoms with Crippen LogP contribution < -0.4 is 4.74 Å². The van der Waals surface area contributed by atoms with E-state index in [1.165, 1.54) is 13.0 Å². The largest absolute Gasteiger partial charge is 0.454 e. The lowest BCUT2D eigenvalue weighted by atomic mass is 10.1. The van der Waals surface area contributed by atoms with Crippen molar-refractivity contribution in [3.63, 3.8) is 0 Å². The fourth-order valence-electron chi connectivity index (χ4n) is 3.73. The first-order chi connectivity index (χ1) is 17.0. The van der Waals surface area contributed by atoms with Crippen LogP contribution in [-0.2, 0) is 13.0 Å². The molecule has 4 aromatic rings. The normalized spacial score (nSPS) is 10.6. The highest BCUT2D eigenvalue weighted by atomic mass is 19.1. The van der Waals surface area contributed by atoms with Crippen LogP contribution in [0.25, 0.3) is 0 Å². The minimum Gasteiger partial charge on any atom is -0.454 e. The van der Waals surface area contributed by atoms with E-state index in [0.717, 1.165) is 11.1 Å². The van der Waals surface area contributed by atoms with Gasteiger partial charge in [0.05, 0.1) is 0 Å². The van der Waals surface area contributed by atoms with Crippen molar-refractivity contribution in [3.05, 3.63) is 131 Å². The predicted molar refractivity (Wildman–Crippen MR) is 134 cm³/mol. The molecule has 35 heavy (non-hydrogen) atoms. The van der Waals surface area contributed by atoms with E-state index in [9.17, 15) is 14.0 Å². The molecule has 0 saturated heterocycles. The molecule has 0 N–H and O–H groups in total. The zero-order valence-electron chi connectivity index (χ0n) is 19.5. The number of rotatable bonds is 9. The molecule has 0 unspecified atom stereocenters. The molecule has 1 amide bonds. The minimum atomic E-state index is -0.449. The molecule has 0 heterocycles. The summed E-state index contributed by atoms with van der Waals surface area (Å²) in [7, 11) is 0. The molecule has 0 aromatic heterocycles. The zero-order valence-corrected chi connectivity index (χ0v) is 19.5. The number of amides is 1. The Morgan fingerprint density at radius 2 is 1.37 bits per heavy atom. The van der Waals surface area contributed by atoms with Gasteiger partial charge in [0, 0.05) is 24.2 Å². The lowest BCUT2D eigenvalue weighted by Crippen LogP contribution is -2.32. The number of benzene rings is 4. The molecule has 0 saturated carbocycles. The van der Waals surface area contributed by atoms with E-state index in [4.69, 9.17) is 4.74 Å². The molecule has 0 bridgehead atoms. The maximum atomic E-state index is 13.9. The van der Waals surface area contributed by atoms with Gasteiger partial charge in [0.1, 0.15) is 5.75 Å². The molecule has 0 aliphatic rings. The summed E-state index contributed by atoms with van der Waals surface area (Å²) in [6.45, 7) is 2.48. The van der Waals surface area contributed by atoms with Gasteiger partial charge >= 0.3 is 0 Å². The van der Waals surface area contributed by atoms with Crippen LogP contribution >= 0.6 is 0 Å². The van der Waals surface area contributed by atoms with Crippen LogP contribution in [0.4, 0.5) is 4.39 Å². The number of carbonyl (C=O) groups is 2. The summed E-state index contributed by atoms with van der Waals surface area (Å²) >= 11 is 0. The maximum absolute atomic E-state index is 13.9. The number of nitrogens with zero attached hydrogens (tertiary/aromatic N) is 1. The van der Waals surface area contributed by atoms with Gasteiger partial charge < -0.3 is 9.64 Å². The molecule has 4 aromatic carbocycles. The Balaban J connectivity index is 1.51. The summed E-state index contributed by atoms with van der Waals surface area (Å²) in [5, 5.41) is 0. The first kappa shape index (κ1) is 23.9. The zero-order chi connectivity index (χ0) is 24.6. The lowest BCUT2D eigenvalue weighted by molar-refractivity contribution is 0.0744. The van der Waals surface area contributed by atoms with Crippen LogP contribution in [0.3, 0.4) is 0 Å². The van der Waals surface area contributed by atoms with Crippen molar-refractivity contribution >= 4 is 11.7 Å². The van der Waals surface area contributed by atoms with Gasteiger partial charge in [-0.05, 0) is 60.9 Å². The van der Waals surface area contributed by atoms with Crippen LogP contribution in [-0.4, -0.2) is 23.1 Å². The van der Waals surface area contributed by atoms with E-state index in [-0.39, 0.29) is 17.4 Å². The predicted octanol–water partition coefficient (Wildman–Crippen LogP) is 6.71. The van der Waals surface area contributed by atoms with Crippen LogP contribution in [0, 0.1) is 5.82 Å². The summed E-state index contributed by atoms with van der Waals surface area (Å²) in [5.41, 5.74) is 3.24. The number of hydrogen-bond acceptors (Lipinski definition) is 3. The van der Waals surface area contributed by atoms with Crippen LogP contribution in [0.15, 0.2) is 103 Å². The summed E-state index contributed by atoms with van der Waals surface area (Å²) in [4.78, 5) is 26.8. The van der Waals surface area contributed by atoms with E-state index < -0.39 is 5.82 Å². The Hall–Kier alpha value is -4.25. The highest BCUT2D eigenvalue weighted by molar-refractivity contribution is 5.95. The van der Waals surface area contributed by atoms with Crippen molar-refractivity contribution in [1.82, 2.24) is 4.90 Å². The van der Waals surface area contributed by atoms with Crippen molar-refractivity contribution in [2.45, 2.75) is 19.9 Å². The SMILES string of the molecule is CC(=O)c1ccc(CN(CCc2ccccc2)C(=O)c2ccc(Oc3ccccc3F)cc2)cc1. The van der Waals surface area contributed by atoms with Crippen molar-refractivity contribution in [3.8, 4) is 11.5 Å². The summed E-state index contributed by atoms with van der Waals surface area (Å²) in [5.74, 6) is 0.0168. The molecule has 0 fully saturated rings. The second kappa shape index (κ2) is 11.3. The molecule has 0 radical (unpaired) electrons. The molecule has 4 nitrogen and oxygen atoms in total. The number of Topliss-reactive ketones (excluding diaryl/α,β-unsaturated/α-hetero) is 1. The smallest absolute Gasteiger partial charge is 0.254 e. The minimum absolute atomic E-state index is 0.00579.